The third-order valence-corrected chi connectivity index (χ3v) is 21.7. The summed E-state index contributed by atoms with van der Waals surface area (Å²) < 4.78 is 2.89. The molecular formula is C74H53N3. The molecule has 0 amide bonds. The molecule has 77 heavy (non-hydrogen) atoms. The number of nitrogens with zero attached hydrogens (tertiary/aromatic N) is 3. The third kappa shape index (κ3) is 4.29. The lowest BCUT2D eigenvalue weighted by atomic mass is 9.54. The van der Waals surface area contributed by atoms with Gasteiger partial charge in [-0.25, -0.2) is 0 Å². The average Bonchev–Trinajstić information content (AvgIpc) is 3.77. The minimum Gasteiger partial charge on any atom is -0.304 e. The van der Waals surface area contributed by atoms with Gasteiger partial charge in [0.15, 0.2) is 0 Å². The first-order chi connectivity index (χ1) is 37.7. The molecule has 7 aliphatic carbocycles. The summed E-state index contributed by atoms with van der Waals surface area (Å²) in [5, 5.41) is 5.86. The van der Waals surface area contributed by atoms with Gasteiger partial charge in [0.1, 0.15) is 0 Å². The van der Waals surface area contributed by atoms with E-state index in [1.165, 1.54) is 172 Å². The van der Waals surface area contributed by atoms with Gasteiger partial charge >= 0.3 is 0 Å². The molecule has 3 heteroatoms. The maximum Gasteiger partial charge on any atom is 0.0773 e. The smallest absolute Gasteiger partial charge is 0.0773 e. The molecule has 9 aliphatic rings. The second-order valence-corrected chi connectivity index (χ2v) is 25.8. The molecule has 0 N–H and O–H groups in total. The molecule has 0 saturated carbocycles. The predicted molar refractivity (Wildman–Crippen MR) is 311 cm³/mol. The first kappa shape index (κ1) is 41.1. The summed E-state index contributed by atoms with van der Waals surface area (Å²) in [7, 11) is 0. The Morgan fingerprint density at radius 1 is 0.390 bits per heavy atom. The number of aryl methyl sites for hydroxylation is 2. The van der Waals surface area contributed by atoms with Gasteiger partial charge in [0.25, 0.3) is 0 Å². The highest BCUT2D eigenvalue weighted by Gasteiger charge is 2.58. The molecular weight excluding hydrogens is 931 g/mol. The molecule has 2 spiro atoms. The molecule has 4 aromatic heterocycles. The molecule has 3 nitrogen and oxygen atoms in total. The first-order valence-electron chi connectivity index (χ1n) is 28.6. The van der Waals surface area contributed by atoms with Crippen LogP contribution in [-0.2, 0) is 47.3 Å². The van der Waals surface area contributed by atoms with E-state index < -0.39 is 10.8 Å². The van der Waals surface area contributed by atoms with E-state index in [2.05, 4.69) is 196 Å². The van der Waals surface area contributed by atoms with Crippen molar-refractivity contribution >= 4 is 38.1 Å². The van der Waals surface area contributed by atoms with Gasteiger partial charge in [-0.05, 0) is 150 Å². The van der Waals surface area contributed by atoms with Crippen molar-refractivity contribution in [3.63, 3.8) is 0 Å². The molecule has 364 valence electrons. The minimum atomic E-state index is -0.490. The maximum absolute atomic E-state index is 6.32. The quantitative estimate of drug-likeness (QED) is 0.152. The molecule has 6 heterocycles. The molecule has 2 bridgehead atoms. The summed E-state index contributed by atoms with van der Waals surface area (Å²) >= 11 is 0. The Balaban J connectivity index is 1.16. The lowest BCUT2D eigenvalue weighted by Crippen LogP contribution is -2.40. The SMILES string of the molecule is CC1(C)CCc2c1nc1c3c2c2c4c5c(c6c7c8c(nc(c7n3c26)C2c3ccccc3C1c1ccccc12)C(C)(C)CC8)C1(Cc2cccc(c2-5)CC42c3ccccc3-c3ccccc32)c2ccccc2-c2ccccc21. The molecule has 0 atom stereocenters. The van der Waals surface area contributed by atoms with Crippen LogP contribution >= 0.6 is 0 Å². The van der Waals surface area contributed by atoms with Gasteiger partial charge < -0.3 is 4.40 Å². The zero-order chi connectivity index (χ0) is 50.4. The fourth-order valence-electron chi connectivity index (χ4n) is 18.8. The van der Waals surface area contributed by atoms with Gasteiger partial charge in [-0.15, -0.1) is 0 Å². The lowest BCUT2D eigenvalue weighted by Gasteiger charge is -2.48. The summed E-state index contributed by atoms with van der Waals surface area (Å²) in [6.45, 7) is 9.93. The molecule has 2 aliphatic heterocycles. The summed E-state index contributed by atoms with van der Waals surface area (Å²) in [6, 6.07) is 64.6. The van der Waals surface area contributed by atoms with E-state index in [4.69, 9.17) is 9.97 Å². The Labute approximate surface area is 447 Å². The Morgan fingerprint density at radius 3 is 1.14 bits per heavy atom. The molecule has 0 saturated heterocycles. The number of pyridine rings is 2. The van der Waals surface area contributed by atoms with Gasteiger partial charge in [0.2, 0.25) is 0 Å². The minimum absolute atomic E-state index is 0.0614. The highest BCUT2D eigenvalue weighted by atomic mass is 15.0. The fourth-order valence-corrected chi connectivity index (χ4v) is 18.8. The average molecular weight is 984 g/mol. The summed E-state index contributed by atoms with van der Waals surface area (Å²) in [5.41, 5.74) is 36.6. The summed E-state index contributed by atoms with van der Waals surface area (Å²) in [6.07, 6.45) is 5.94. The zero-order valence-electron chi connectivity index (χ0n) is 43.8. The Bertz CT molecular complexity index is 4410. The second-order valence-electron chi connectivity index (χ2n) is 25.8. The van der Waals surface area contributed by atoms with Crippen LogP contribution in [0.4, 0.5) is 0 Å². The van der Waals surface area contributed by atoms with E-state index in [9.17, 15) is 0 Å². The largest absolute Gasteiger partial charge is 0.304 e. The van der Waals surface area contributed by atoms with E-state index in [0.29, 0.717) is 0 Å². The monoisotopic (exact) mass is 983 g/mol. The van der Waals surface area contributed by atoms with Crippen molar-refractivity contribution < 1.29 is 0 Å². The van der Waals surface area contributed by atoms with Crippen molar-refractivity contribution in [2.24, 2.45) is 0 Å². The normalized spacial score (nSPS) is 20.3. The standard InChI is InChI=1S/C74H53N3/c1-71(2)34-32-48-57-60-62-59-54-38(36-73(62)50-28-13-9-20-40(50)41-21-10-14-29-51(41)73)18-17-19-39(54)37-74(52-30-15-11-22-42(52)43-23-12-16-31-53(43)74)63(59)61-58-49-33-35-72(3,4)70(49)76-65-56-46-26-7-5-24-44(46)55(45-25-6-8-27-47(45)56)64(75-69(48)71)67(57)77(66(60)61)68(58)65/h5-31,55-56H,32-37H2,1-4H3. The summed E-state index contributed by atoms with van der Waals surface area (Å²) in [5.74, 6) is -0.123. The predicted octanol–water partition coefficient (Wildman–Crippen LogP) is 16.5. The van der Waals surface area contributed by atoms with Gasteiger partial charge in [0.05, 0.1) is 62.0 Å². The maximum atomic E-state index is 6.32. The van der Waals surface area contributed by atoms with Crippen LogP contribution in [0, 0.1) is 0 Å². The number of benzene rings is 8. The van der Waals surface area contributed by atoms with Crippen molar-refractivity contribution in [1.29, 1.82) is 0 Å². The van der Waals surface area contributed by atoms with Crippen molar-refractivity contribution in [1.82, 2.24) is 14.4 Å². The molecule has 0 radical (unpaired) electrons. The van der Waals surface area contributed by atoms with Crippen LogP contribution < -0.4 is 0 Å². The fraction of sp³-hybridized carbons (Fsp3) is 0.216. The van der Waals surface area contributed by atoms with Crippen LogP contribution in [-0.4, -0.2) is 14.4 Å². The van der Waals surface area contributed by atoms with Crippen LogP contribution in [0.15, 0.2) is 164 Å². The van der Waals surface area contributed by atoms with Crippen LogP contribution in [0.1, 0.15) is 153 Å². The number of hydrogen-bond acceptors (Lipinski definition) is 2. The number of hydrogen-bond donors (Lipinski definition) is 0. The van der Waals surface area contributed by atoms with Crippen LogP contribution in [0.25, 0.3) is 71.5 Å². The second kappa shape index (κ2) is 13.0. The van der Waals surface area contributed by atoms with Crippen molar-refractivity contribution in [3.8, 4) is 33.4 Å². The Morgan fingerprint density at radius 2 is 0.753 bits per heavy atom. The Kier molecular flexibility index (Phi) is 6.93. The number of aromatic nitrogens is 3. The van der Waals surface area contributed by atoms with E-state index in [-0.39, 0.29) is 22.7 Å². The van der Waals surface area contributed by atoms with E-state index in [0.717, 1.165) is 38.5 Å². The van der Waals surface area contributed by atoms with E-state index >= 15 is 0 Å². The van der Waals surface area contributed by atoms with Crippen LogP contribution in [0.2, 0.25) is 0 Å². The van der Waals surface area contributed by atoms with Crippen LogP contribution in [0.3, 0.4) is 0 Å². The van der Waals surface area contributed by atoms with Crippen LogP contribution in [0.5, 0.6) is 0 Å². The molecule has 0 unspecified atom stereocenters. The van der Waals surface area contributed by atoms with E-state index in [1.54, 1.807) is 0 Å². The van der Waals surface area contributed by atoms with Gasteiger partial charge in [-0.3, -0.25) is 9.97 Å². The van der Waals surface area contributed by atoms with E-state index in [1.807, 2.05) is 0 Å². The van der Waals surface area contributed by atoms with Gasteiger partial charge in [-0.2, -0.15) is 0 Å². The molecule has 0 fully saturated rings. The van der Waals surface area contributed by atoms with Crippen molar-refractivity contribution in [2.45, 2.75) is 99.7 Å². The Hall–Kier alpha value is -8.14. The van der Waals surface area contributed by atoms with Crippen molar-refractivity contribution in [2.75, 3.05) is 0 Å². The molecule has 12 aromatic rings. The zero-order valence-corrected chi connectivity index (χ0v) is 43.8. The van der Waals surface area contributed by atoms with Crippen molar-refractivity contribution in [3.05, 3.63) is 264 Å². The lowest BCUT2D eigenvalue weighted by molar-refractivity contribution is 0.507. The first-order valence-corrected chi connectivity index (χ1v) is 28.6. The molecule has 21 rings (SSSR count). The number of fused-ring (bicyclic) bond motifs is 20. The van der Waals surface area contributed by atoms with Gasteiger partial charge in [-0.1, -0.05) is 191 Å². The highest BCUT2D eigenvalue weighted by molar-refractivity contribution is 6.31. The highest BCUT2D eigenvalue weighted by Crippen LogP contribution is 2.71. The third-order valence-electron chi connectivity index (χ3n) is 21.7. The summed E-state index contributed by atoms with van der Waals surface area (Å²) in [4.78, 5) is 12.6. The number of rotatable bonds is 0. The molecule has 8 aromatic carbocycles. The topological polar surface area (TPSA) is 30.2 Å². The van der Waals surface area contributed by atoms with Gasteiger partial charge in [0, 0.05) is 32.4 Å².